The van der Waals surface area contributed by atoms with Crippen LogP contribution in [0.5, 0.6) is 0 Å². The minimum Gasteiger partial charge on any atom is -0.566 e. The third kappa shape index (κ3) is 26.5. The first-order valence-corrected chi connectivity index (χ1v) is 6.81. The molecule has 0 radical (unpaired) electrons. The van der Waals surface area contributed by atoms with E-state index in [1.807, 2.05) is 0 Å². The zero-order chi connectivity index (χ0) is 13.1. The molecule has 1 fully saturated rings. The van der Waals surface area contributed by atoms with Crippen LogP contribution in [0, 0.1) is 18.4 Å². The van der Waals surface area contributed by atoms with Gasteiger partial charge in [-0.2, -0.15) is 0 Å². The molecule has 0 aromatic carbocycles. The van der Waals surface area contributed by atoms with Crippen molar-refractivity contribution in [2.24, 2.45) is 11.8 Å². The van der Waals surface area contributed by atoms with Crippen molar-refractivity contribution in [3.05, 3.63) is 6.61 Å². The Morgan fingerprint density at radius 3 is 1.39 bits per heavy atom. The molecule has 0 heterocycles. The molecule has 1 atom stereocenters. The van der Waals surface area contributed by atoms with E-state index in [9.17, 15) is 0 Å². The van der Waals surface area contributed by atoms with Gasteiger partial charge in [-0.25, -0.2) is 6.61 Å². The van der Waals surface area contributed by atoms with Gasteiger partial charge in [0.05, 0.1) is 0 Å². The maximum atomic E-state index is 8.70. The SMILES string of the molecule is CC([CH-]O)C1CCC1.O=[P+](O)O.O=[P+](O)O.[Na+].[Na+]. The Kier molecular flexibility index (Phi) is 29.8. The van der Waals surface area contributed by atoms with Gasteiger partial charge < -0.3 is 5.11 Å². The van der Waals surface area contributed by atoms with Crippen molar-refractivity contribution in [1.82, 2.24) is 0 Å². The fourth-order valence-corrected chi connectivity index (χ4v) is 1.09. The molecule has 0 spiro atoms. The molecule has 1 aliphatic carbocycles. The first-order valence-electron chi connectivity index (χ1n) is 4.48. The topological polar surface area (TPSA) is 135 Å². The van der Waals surface area contributed by atoms with Gasteiger partial charge in [-0.1, -0.05) is 32.1 Å². The van der Waals surface area contributed by atoms with Crippen LogP contribution in [0.4, 0.5) is 0 Å². The third-order valence-electron chi connectivity index (χ3n) is 2.13. The van der Waals surface area contributed by atoms with E-state index in [1.165, 1.54) is 25.9 Å². The first kappa shape index (κ1) is 28.2. The zero-order valence-electron chi connectivity index (χ0n) is 10.8. The molecule has 1 rings (SSSR count). The summed E-state index contributed by atoms with van der Waals surface area (Å²) in [7, 11) is -5.74. The monoisotopic (exact) mass is 321 g/mol. The minimum absolute atomic E-state index is 0. The van der Waals surface area contributed by atoms with E-state index in [2.05, 4.69) is 6.92 Å². The average Bonchev–Trinajstić information content (AvgIpc) is 1.98. The summed E-state index contributed by atoms with van der Waals surface area (Å²) in [5.74, 6) is 1.23. The van der Waals surface area contributed by atoms with Crippen LogP contribution in [0.3, 0.4) is 0 Å². The molecule has 1 unspecified atom stereocenters. The molecule has 7 nitrogen and oxygen atoms in total. The van der Waals surface area contributed by atoms with Gasteiger partial charge in [0.2, 0.25) is 0 Å². The van der Waals surface area contributed by atoms with E-state index in [1.54, 1.807) is 0 Å². The Balaban J connectivity index is -0.0000000860. The number of hydrogen-bond donors (Lipinski definition) is 5. The van der Waals surface area contributed by atoms with E-state index in [4.69, 9.17) is 33.8 Å². The van der Waals surface area contributed by atoms with E-state index >= 15 is 0 Å². The second-order valence-electron chi connectivity index (χ2n) is 3.20. The van der Waals surface area contributed by atoms with Gasteiger partial charge in [0.15, 0.2) is 0 Å². The molecule has 0 aromatic heterocycles. The van der Waals surface area contributed by atoms with Gasteiger partial charge in [0, 0.05) is 9.13 Å². The normalized spacial score (nSPS) is 13.9. The summed E-state index contributed by atoms with van der Waals surface area (Å²) in [6, 6.07) is 0. The summed E-state index contributed by atoms with van der Waals surface area (Å²) in [5, 5.41) is 8.55. The fourth-order valence-electron chi connectivity index (χ4n) is 1.09. The molecule has 5 N–H and O–H groups in total. The van der Waals surface area contributed by atoms with Crippen molar-refractivity contribution >= 4 is 16.5 Å². The van der Waals surface area contributed by atoms with Crippen LogP contribution in [0.25, 0.3) is 0 Å². The predicted octanol–water partition coefficient (Wildman–Crippen LogP) is -4.78. The van der Waals surface area contributed by atoms with Crippen LogP contribution in [0.2, 0.25) is 0 Å². The molecular weight excluding hydrogens is 304 g/mol. The second kappa shape index (κ2) is 19.0. The van der Waals surface area contributed by atoms with Crippen molar-refractivity contribution in [2.75, 3.05) is 0 Å². The summed E-state index contributed by atoms with van der Waals surface area (Å²) < 4.78 is 17.4. The van der Waals surface area contributed by atoms with E-state index in [0.717, 1.165) is 5.92 Å². The molecule has 0 aliphatic heterocycles. The Morgan fingerprint density at radius 1 is 1.06 bits per heavy atom. The van der Waals surface area contributed by atoms with Gasteiger partial charge in [-0.05, 0) is 0 Å². The van der Waals surface area contributed by atoms with Crippen molar-refractivity contribution in [1.29, 1.82) is 0 Å². The number of hydrogen-bond acceptors (Lipinski definition) is 3. The van der Waals surface area contributed by atoms with Gasteiger partial charge >= 0.3 is 75.6 Å². The molecular formula is C7H17Na2O7P2+3. The number of aliphatic hydroxyl groups excluding tert-OH is 1. The molecule has 0 saturated heterocycles. The van der Waals surface area contributed by atoms with E-state index < -0.39 is 16.5 Å². The summed E-state index contributed by atoms with van der Waals surface area (Å²) in [6.07, 6.45) is 4.00. The Hall–Kier alpha value is 2.00. The largest absolute Gasteiger partial charge is 1.00 e. The maximum absolute atomic E-state index is 8.70. The summed E-state index contributed by atoms with van der Waals surface area (Å²) in [6.45, 7) is 3.40. The second-order valence-corrected chi connectivity index (χ2v) is 4.22. The quantitative estimate of drug-likeness (QED) is 0.196. The molecule has 96 valence electrons. The van der Waals surface area contributed by atoms with Gasteiger partial charge in [0.1, 0.15) is 0 Å². The van der Waals surface area contributed by atoms with Crippen molar-refractivity contribution in [3.63, 3.8) is 0 Å². The van der Waals surface area contributed by atoms with Gasteiger partial charge in [0.25, 0.3) is 0 Å². The molecule has 11 heteroatoms. The fraction of sp³-hybridized carbons (Fsp3) is 0.857. The van der Waals surface area contributed by atoms with Gasteiger partial charge in [-0.3, -0.25) is 0 Å². The number of aliphatic hydroxyl groups is 1. The Labute approximate surface area is 152 Å². The summed E-state index contributed by atoms with van der Waals surface area (Å²) in [4.78, 5) is 28.5. The smallest absolute Gasteiger partial charge is 0.566 e. The van der Waals surface area contributed by atoms with Crippen LogP contribution in [-0.2, 0) is 9.13 Å². The minimum atomic E-state index is -2.87. The molecule has 18 heavy (non-hydrogen) atoms. The molecule has 0 amide bonds. The van der Waals surface area contributed by atoms with Crippen LogP contribution in [-0.4, -0.2) is 24.7 Å². The molecule has 1 aliphatic rings. The molecule has 1 saturated carbocycles. The Morgan fingerprint density at radius 2 is 1.33 bits per heavy atom. The number of rotatable bonds is 2. The van der Waals surface area contributed by atoms with E-state index in [-0.39, 0.29) is 59.1 Å². The molecule has 0 bridgehead atoms. The van der Waals surface area contributed by atoms with Crippen LogP contribution >= 0.6 is 16.5 Å². The summed E-state index contributed by atoms with van der Waals surface area (Å²) >= 11 is 0. The standard InChI is InChI=1S/C7H13O.2Na.2HO3P/c1-6(5-8)7-3-2-4-7;;;2*1-4(2)3/h5-8H,2-4H2,1H3;;;2*(H-,1,2,3)/q-1;2*+1;;/p+2. The Bertz CT molecular complexity index is 193. The van der Waals surface area contributed by atoms with Crippen molar-refractivity contribution < 1.29 is 92.9 Å². The predicted molar refractivity (Wildman–Crippen MR) is 56.8 cm³/mol. The molecule has 0 aromatic rings. The average molecular weight is 321 g/mol. The van der Waals surface area contributed by atoms with Crippen molar-refractivity contribution in [2.45, 2.75) is 26.2 Å². The van der Waals surface area contributed by atoms with Gasteiger partial charge in [-0.15, -0.1) is 25.5 Å². The van der Waals surface area contributed by atoms with E-state index in [0.29, 0.717) is 5.92 Å². The summed E-state index contributed by atoms with van der Waals surface area (Å²) in [5.41, 5.74) is 0. The zero-order valence-corrected chi connectivity index (χ0v) is 16.6. The van der Waals surface area contributed by atoms with Crippen LogP contribution in [0.1, 0.15) is 26.2 Å². The van der Waals surface area contributed by atoms with Crippen molar-refractivity contribution in [3.8, 4) is 0 Å². The third-order valence-corrected chi connectivity index (χ3v) is 2.13. The first-order chi connectivity index (χ1) is 7.31. The van der Waals surface area contributed by atoms with Crippen LogP contribution < -0.4 is 59.1 Å². The maximum Gasteiger partial charge on any atom is 1.00 e. The van der Waals surface area contributed by atoms with Crippen LogP contribution in [0.15, 0.2) is 0 Å².